The summed E-state index contributed by atoms with van der Waals surface area (Å²) in [7, 11) is 0. The molecule has 0 aromatic heterocycles. The third-order valence-corrected chi connectivity index (χ3v) is 18.7. The Morgan fingerprint density at radius 3 is 1.63 bits per heavy atom. The summed E-state index contributed by atoms with van der Waals surface area (Å²) >= 11 is 82.7. The number of rotatable bonds is 22. The van der Waals surface area contributed by atoms with Gasteiger partial charge in [-0.05, 0) is 119 Å². The maximum absolute atomic E-state index is 10.5. The van der Waals surface area contributed by atoms with Crippen molar-refractivity contribution in [2.24, 2.45) is 0 Å². The van der Waals surface area contributed by atoms with Gasteiger partial charge in [0.1, 0.15) is 23.1 Å². The first-order valence-electron chi connectivity index (χ1n) is 28.4. The van der Waals surface area contributed by atoms with Gasteiger partial charge in [0, 0.05) is 50.0 Å². The Kier molecular flexibility index (Phi) is 38.8. The number of carbonyl (C=O) groups is 6. The molecule has 100 heavy (non-hydrogen) atoms. The fourth-order valence-electron chi connectivity index (χ4n) is 7.90. The van der Waals surface area contributed by atoms with Crippen LogP contribution in [0.15, 0.2) is 180 Å². The number of benzene rings is 8. The average molecular weight is 1660 g/mol. The molecule has 0 aliphatic heterocycles. The molecule has 0 saturated carbocycles. The maximum Gasteiger partial charge on any atom is 0.341 e. The van der Waals surface area contributed by atoms with Gasteiger partial charge >= 0.3 is 35.8 Å². The molecule has 1 aliphatic carbocycles. The zero-order valence-corrected chi connectivity index (χ0v) is 62.6. The second kappa shape index (κ2) is 45.0. The summed E-state index contributed by atoms with van der Waals surface area (Å²) in [6, 6.07) is 42.5. The molecule has 8 aromatic rings. The van der Waals surface area contributed by atoms with Crippen LogP contribution in [0.5, 0.6) is 11.5 Å². The van der Waals surface area contributed by atoms with E-state index in [1.54, 1.807) is 60.7 Å². The van der Waals surface area contributed by atoms with Crippen LogP contribution in [0.4, 0.5) is 0 Å². The van der Waals surface area contributed by atoms with E-state index in [1.165, 1.54) is 24.3 Å². The van der Waals surface area contributed by atoms with Crippen molar-refractivity contribution in [2.45, 2.75) is 43.1 Å². The van der Waals surface area contributed by atoms with Crippen LogP contribution in [0, 0.1) is 0 Å². The summed E-state index contributed by atoms with van der Waals surface area (Å²) in [5, 5.41) is 56.5. The van der Waals surface area contributed by atoms with Crippen molar-refractivity contribution in [3.05, 3.63) is 262 Å². The van der Waals surface area contributed by atoms with Crippen molar-refractivity contribution in [3.8, 4) is 33.8 Å². The average Bonchev–Trinajstić information content (AvgIpc) is 0.889. The molecule has 1 atom stereocenters. The number of ether oxygens (including phenoxy) is 3. The van der Waals surface area contributed by atoms with E-state index >= 15 is 0 Å². The predicted molar refractivity (Wildman–Crippen MR) is 404 cm³/mol. The second-order valence-corrected chi connectivity index (χ2v) is 26.7. The number of carboxylic acid groups (broad SMARTS) is 6. The van der Waals surface area contributed by atoms with E-state index < -0.39 is 49.0 Å². The Morgan fingerprint density at radius 1 is 0.470 bits per heavy atom. The molecule has 0 heterocycles. The molecule has 0 radical (unpaired) electrons. The molecular formula is C70H54Cl14O15S. The van der Waals surface area contributed by atoms with Crippen LogP contribution in [0.3, 0.4) is 0 Å². The summed E-state index contributed by atoms with van der Waals surface area (Å²) in [6.45, 7) is -0.982. The quantitative estimate of drug-likeness (QED) is 0.0273. The molecule has 1 unspecified atom stereocenters. The van der Waals surface area contributed by atoms with E-state index in [0.717, 1.165) is 62.7 Å². The van der Waals surface area contributed by atoms with Crippen molar-refractivity contribution < 1.29 is 73.6 Å². The lowest BCUT2D eigenvalue weighted by Crippen LogP contribution is -2.09. The molecule has 1 aliphatic rings. The van der Waals surface area contributed by atoms with Gasteiger partial charge in [-0.1, -0.05) is 259 Å². The van der Waals surface area contributed by atoms with Crippen LogP contribution in [-0.2, 0) is 40.1 Å². The summed E-state index contributed by atoms with van der Waals surface area (Å²) in [6.07, 6.45) is 11.2. The number of carboxylic acids is 6. The van der Waals surface area contributed by atoms with Gasteiger partial charge in [0.05, 0.1) is 69.0 Å². The molecule has 0 fully saturated rings. The van der Waals surface area contributed by atoms with Crippen LogP contribution >= 0.6 is 174 Å². The number of aliphatic carboxylic acids is 6. The molecule has 6 N–H and O–H groups in total. The number of allylic oxidation sites excluding steroid dienone is 4. The fourth-order valence-corrected chi connectivity index (χ4v) is 11.4. The van der Waals surface area contributed by atoms with Crippen LogP contribution in [-0.4, -0.2) is 92.0 Å². The lowest BCUT2D eigenvalue weighted by molar-refractivity contribution is -0.143. The van der Waals surface area contributed by atoms with Gasteiger partial charge in [0.15, 0.2) is 13.2 Å². The van der Waals surface area contributed by atoms with Crippen molar-refractivity contribution in [3.63, 3.8) is 0 Å². The topological polar surface area (TPSA) is 251 Å². The molecule has 0 bridgehead atoms. The first kappa shape index (κ1) is 86.2. The Labute approximate surface area is 648 Å². The Morgan fingerprint density at radius 2 is 1.05 bits per heavy atom. The van der Waals surface area contributed by atoms with E-state index in [1.807, 2.05) is 78.9 Å². The highest BCUT2D eigenvalue weighted by Gasteiger charge is 2.15. The Bertz CT molecular complexity index is 4230. The lowest BCUT2D eigenvalue weighted by Gasteiger charge is -2.17. The number of thioether (sulfide) groups is 1. The summed E-state index contributed by atoms with van der Waals surface area (Å²) in [5.41, 5.74) is 7.87. The monoisotopic (exact) mass is 1660 g/mol. The highest BCUT2D eigenvalue weighted by Crippen LogP contribution is 2.39. The summed E-state index contributed by atoms with van der Waals surface area (Å²) < 4.78 is 14.8. The van der Waals surface area contributed by atoms with Gasteiger partial charge in [-0.15, -0.1) is 11.8 Å². The summed E-state index contributed by atoms with van der Waals surface area (Å²) in [5.74, 6) is -4.89. The van der Waals surface area contributed by atoms with Crippen molar-refractivity contribution in [1.29, 1.82) is 0 Å². The van der Waals surface area contributed by atoms with Crippen molar-refractivity contribution >= 4 is 216 Å². The van der Waals surface area contributed by atoms with E-state index in [9.17, 15) is 28.8 Å². The highest BCUT2D eigenvalue weighted by molar-refractivity contribution is 8.00. The van der Waals surface area contributed by atoms with Gasteiger partial charge in [-0.3, -0.25) is 14.4 Å². The van der Waals surface area contributed by atoms with Crippen LogP contribution in [0.1, 0.15) is 48.3 Å². The minimum Gasteiger partial charge on any atom is -0.482 e. The molecular weight excluding hydrogens is 1610 g/mol. The standard InChI is InChI=1S/C16H12Cl2O2.C15H12Cl2O3.C15H14Cl2O2.2C8H5Cl3O3.C8H6Cl2O2S/c17-13-8-9-14(15(18)10-13)12-6-4-11(5-7-12)2-1-3-16(19)20;16-13-5-4-12(7-14(13)17)11-3-1-2-10(6-11)8-20-9-15(18)19;16-13-7-6-12(9-14(13)17)11-4-1-10(2-5-11)3-8-15(18)19;9-5-1-4(14-3-7(12)13)2-6(10)8(5)11;9-4-1-2-5(8(11)7(4)10)14-3-6(12)13;9-5-1-2-6(10)7(3-5)13-4-8(11)12/h1-2,4-10H,3H2,(H,19,20);1-7H,8-9H2,(H,18,19);1-2,4,6-7,9,11H,3,5,8H2,(H,18,19);2*1-2H,3H2,(H,12,13);1-3H,4H2,(H,11,12)/b2-1+;;;;;. The van der Waals surface area contributed by atoms with E-state index in [0.29, 0.717) is 56.5 Å². The molecule has 15 nitrogen and oxygen atoms in total. The fraction of sp³-hybridized carbons (Fsp3) is 0.143. The maximum atomic E-state index is 10.5. The SMILES string of the molecule is O=C(O)C/C=C/c1ccc(-c2ccc(Cl)cc2Cl)cc1.O=C(O)CCC1=CCC(c2ccc(Cl)c(Cl)c2)C=C1.O=C(O)COCc1cccc(-c2ccc(Cl)c(Cl)c2)c1.O=C(O)COc1cc(Cl)c(Cl)c(Cl)c1.O=C(O)COc1ccc(Cl)c(Cl)c1Cl.O=C(O)CSc1cc(Cl)ccc1Cl. The van der Waals surface area contributed by atoms with Crippen LogP contribution in [0.25, 0.3) is 28.3 Å². The van der Waals surface area contributed by atoms with E-state index in [4.69, 9.17) is 207 Å². The zero-order chi connectivity index (χ0) is 74.2. The van der Waals surface area contributed by atoms with E-state index in [2.05, 4.69) is 12.2 Å². The lowest BCUT2D eigenvalue weighted by atomic mass is 9.89. The zero-order valence-electron chi connectivity index (χ0n) is 51.2. The van der Waals surface area contributed by atoms with Crippen LogP contribution < -0.4 is 9.47 Å². The Hall–Kier alpha value is -6.23. The molecule has 9 rings (SSSR count). The number of halogens is 14. The number of hydrogen-bond acceptors (Lipinski definition) is 10. The van der Waals surface area contributed by atoms with Crippen LogP contribution in [0.2, 0.25) is 70.3 Å². The third-order valence-electron chi connectivity index (χ3n) is 12.5. The van der Waals surface area contributed by atoms with Crippen molar-refractivity contribution in [2.75, 3.05) is 25.6 Å². The van der Waals surface area contributed by atoms with E-state index in [-0.39, 0.29) is 74.3 Å². The minimum atomic E-state index is -1.09. The third kappa shape index (κ3) is 32.4. The Balaban J connectivity index is 0.000000257. The van der Waals surface area contributed by atoms with Gasteiger partial charge in [-0.25, -0.2) is 14.4 Å². The van der Waals surface area contributed by atoms with Gasteiger partial charge in [0.2, 0.25) is 0 Å². The van der Waals surface area contributed by atoms with Crippen molar-refractivity contribution in [1.82, 2.24) is 0 Å². The second-order valence-electron chi connectivity index (χ2n) is 20.0. The molecule has 0 saturated heterocycles. The molecule has 0 spiro atoms. The van der Waals surface area contributed by atoms with Gasteiger partial charge in [0.25, 0.3) is 0 Å². The minimum absolute atomic E-state index is 0.0138. The smallest absolute Gasteiger partial charge is 0.341 e. The highest BCUT2D eigenvalue weighted by atomic mass is 35.5. The number of hydrogen-bond donors (Lipinski definition) is 6. The summed E-state index contributed by atoms with van der Waals surface area (Å²) in [4.78, 5) is 62.7. The largest absolute Gasteiger partial charge is 0.482 e. The van der Waals surface area contributed by atoms with Gasteiger partial charge < -0.3 is 44.8 Å². The van der Waals surface area contributed by atoms with Gasteiger partial charge in [-0.2, -0.15) is 0 Å². The predicted octanol–water partition coefficient (Wildman–Crippen LogP) is 23.6. The first-order chi connectivity index (χ1) is 47.3. The molecule has 0 amide bonds. The molecule has 8 aromatic carbocycles. The first-order valence-corrected chi connectivity index (χ1v) is 34.7. The molecule has 528 valence electrons. The normalized spacial score (nSPS) is 11.8. The molecule has 30 heteroatoms.